The summed E-state index contributed by atoms with van der Waals surface area (Å²) >= 11 is 0. The molecule has 1 aromatic carbocycles. The predicted octanol–water partition coefficient (Wildman–Crippen LogP) is 4.74. The molecular weight excluding hydrogens is 742 g/mol. The number of esters is 2. The molecule has 304 valence electrons. The molecule has 3 N–H and O–H groups in total. The topological polar surface area (TPSA) is 214 Å². The highest BCUT2D eigenvalue weighted by atomic mass is 16.7. The van der Waals surface area contributed by atoms with Crippen LogP contribution < -0.4 is 14.8 Å². The molecule has 2 aromatic rings. The molecular formula is C42H47NO14. The molecule has 1 aromatic heterocycles. The van der Waals surface area contributed by atoms with Gasteiger partial charge in [-0.15, -0.1) is 0 Å². The van der Waals surface area contributed by atoms with Crippen LogP contribution in [0.25, 0.3) is 0 Å². The normalized spacial score (nSPS) is 29.5. The van der Waals surface area contributed by atoms with Gasteiger partial charge in [0.1, 0.15) is 17.6 Å². The molecule has 4 heterocycles. The van der Waals surface area contributed by atoms with E-state index in [1.54, 1.807) is 33.8 Å². The Kier molecular flexibility index (Phi) is 12.6. The SMILES string of the molecule is CO[C@H]1C=CO[C@@]2(C)Oc3c(C)c(OC(=O)c4ccco4)c4c(c3C2=O)C(=O)C=C(NC(=O)C(C)=CC=C[C@H](C)[C@H](O)[C@@H](C)[C@H](O)[C@H](C)[C@H](OC(C)=O)[C@@H]1C)C4=O. The van der Waals surface area contributed by atoms with Gasteiger partial charge < -0.3 is 43.6 Å². The molecule has 0 radical (unpaired) electrons. The van der Waals surface area contributed by atoms with Gasteiger partial charge in [-0.25, -0.2) is 4.79 Å². The summed E-state index contributed by atoms with van der Waals surface area (Å²) in [4.78, 5) is 81.3. The van der Waals surface area contributed by atoms with Gasteiger partial charge in [-0.3, -0.25) is 24.0 Å². The van der Waals surface area contributed by atoms with Crippen LogP contribution in [0.5, 0.6) is 11.5 Å². The molecule has 0 saturated carbocycles. The summed E-state index contributed by atoms with van der Waals surface area (Å²) in [6, 6.07) is 2.77. The molecule has 9 atom stereocenters. The van der Waals surface area contributed by atoms with E-state index in [-0.39, 0.29) is 28.2 Å². The molecule has 15 heteroatoms. The first-order valence-corrected chi connectivity index (χ1v) is 18.4. The van der Waals surface area contributed by atoms with E-state index < -0.39 is 112 Å². The number of hydrogen-bond donors (Lipinski definition) is 3. The molecule has 1 aliphatic carbocycles. The summed E-state index contributed by atoms with van der Waals surface area (Å²) in [5, 5.41) is 25.2. The van der Waals surface area contributed by atoms with E-state index in [2.05, 4.69) is 5.32 Å². The number of furan rings is 1. The van der Waals surface area contributed by atoms with E-state index in [1.807, 2.05) is 0 Å². The van der Waals surface area contributed by atoms with Gasteiger partial charge in [0.05, 0.1) is 53.2 Å². The maximum atomic E-state index is 14.2. The number of Topliss-reactive ketones (excluding diaryl/α,β-unsaturated/α-hetero) is 2. The second kappa shape index (κ2) is 16.8. The minimum absolute atomic E-state index is 0.000493. The molecule has 6 rings (SSSR count). The first kappa shape index (κ1) is 42.5. The maximum absolute atomic E-state index is 14.2. The van der Waals surface area contributed by atoms with Gasteiger partial charge in [0.2, 0.25) is 11.5 Å². The molecule has 5 bridgehead atoms. The number of methoxy groups -OCH3 is 1. The van der Waals surface area contributed by atoms with E-state index >= 15 is 0 Å². The molecule has 4 aliphatic rings. The van der Waals surface area contributed by atoms with Gasteiger partial charge >= 0.3 is 17.7 Å². The minimum Gasteiger partial charge on any atom is -0.462 e. The van der Waals surface area contributed by atoms with Gasteiger partial charge in [-0.2, -0.15) is 0 Å². The van der Waals surface area contributed by atoms with Gasteiger partial charge in [0, 0.05) is 61.8 Å². The number of carbonyl (C=O) groups is 6. The van der Waals surface area contributed by atoms with E-state index in [0.717, 1.165) is 12.3 Å². The predicted molar refractivity (Wildman–Crippen MR) is 201 cm³/mol. The number of aliphatic hydroxyl groups is 2. The lowest BCUT2D eigenvalue weighted by Crippen LogP contribution is -2.46. The Morgan fingerprint density at radius 2 is 1.63 bits per heavy atom. The Labute approximate surface area is 329 Å². The minimum atomic E-state index is -2.12. The number of nitrogens with one attached hydrogen (secondary N) is 1. The van der Waals surface area contributed by atoms with Crippen LogP contribution in [0.3, 0.4) is 0 Å². The van der Waals surface area contributed by atoms with E-state index in [1.165, 1.54) is 71.4 Å². The maximum Gasteiger partial charge on any atom is 0.379 e. The monoisotopic (exact) mass is 789 g/mol. The third kappa shape index (κ3) is 8.27. The van der Waals surface area contributed by atoms with Crippen LogP contribution in [-0.4, -0.2) is 82.7 Å². The molecule has 1 amide bonds. The number of ether oxygens (including phenoxy) is 5. The van der Waals surface area contributed by atoms with Crippen molar-refractivity contribution in [3.05, 3.63) is 94.3 Å². The van der Waals surface area contributed by atoms with Crippen LogP contribution in [0.2, 0.25) is 0 Å². The quantitative estimate of drug-likeness (QED) is 0.282. The van der Waals surface area contributed by atoms with Crippen molar-refractivity contribution in [1.29, 1.82) is 0 Å². The zero-order chi connectivity index (χ0) is 42.1. The standard InChI is InChI=1S/C42H47NO14/c1-19-12-10-13-20(2)40(50)43-26-18-27(45)30-31(35(26)48)37(56-41(51)29-14-11-16-53-29)24(6)38-32(30)39(49)42(8,57-38)54-17-15-28(52-9)21(3)36(55-25(7)44)23(5)34(47)22(4)33(19)46/h10-19,21-23,28,33-34,36,46-47H,1-9H3,(H,43,50)/t19-,21+,22+,23-,28-,33-,34-,36+,42-/m0/s1. The number of carbonyl (C=O) groups excluding carboxylic acids is 6. The molecule has 0 unspecified atom stereocenters. The number of fused-ring (bicyclic) bond motifs is 14. The number of hydrogen-bond acceptors (Lipinski definition) is 14. The fourth-order valence-electron chi connectivity index (χ4n) is 7.27. The lowest BCUT2D eigenvalue weighted by atomic mass is 9.78. The highest BCUT2D eigenvalue weighted by Gasteiger charge is 2.52. The Morgan fingerprint density at radius 3 is 2.26 bits per heavy atom. The Bertz CT molecular complexity index is 2090. The molecule has 0 saturated heterocycles. The number of benzene rings is 1. The van der Waals surface area contributed by atoms with Crippen LogP contribution in [0.15, 0.2) is 70.7 Å². The molecule has 3 aliphatic heterocycles. The van der Waals surface area contributed by atoms with E-state index in [0.29, 0.717) is 0 Å². The summed E-state index contributed by atoms with van der Waals surface area (Å²) in [5.74, 6) is -10.5. The third-order valence-corrected chi connectivity index (χ3v) is 10.7. The molecule has 15 nitrogen and oxygen atoms in total. The second-order valence-corrected chi connectivity index (χ2v) is 14.7. The van der Waals surface area contributed by atoms with E-state index in [4.69, 9.17) is 28.1 Å². The Morgan fingerprint density at radius 1 is 0.930 bits per heavy atom. The number of rotatable bonds is 4. The van der Waals surface area contributed by atoms with Crippen molar-refractivity contribution in [2.24, 2.45) is 23.7 Å². The molecule has 57 heavy (non-hydrogen) atoms. The van der Waals surface area contributed by atoms with Crippen LogP contribution >= 0.6 is 0 Å². The van der Waals surface area contributed by atoms with E-state index in [9.17, 15) is 39.0 Å². The summed E-state index contributed by atoms with van der Waals surface area (Å²) in [6.45, 7) is 12.2. The summed E-state index contributed by atoms with van der Waals surface area (Å²) < 4.78 is 34.3. The molecule has 0 fully saturated rings. The van der Waals surface area contributed by atoms with Gasteiger partial charge in [0.25, 0.3) is 11.7 Å². The Balaban J connectivity index is 1.65. The fraction of sp³-hybridized carbons (Fsp3) is 0.429. The van der Waals surface area contributed by atoms with Crippen LogP contribution in [-0.2, 0) is 23.8 Å². The average Bonchev–Trinajstić information content (AvgIpc) is 3.80. The zero-order valence-electron chi connectivity index (χ0n) is 33.1. The number of aliphatic hydroxyl groups excluding tert-OH is 2. The largest absolute Gasteiger partial charge is 0.462 e. The highest BCUT2D eigenvalue weighted by molar-refractivity contribution is 6.31. The van der Waals surface area contributed by atoms with Crippen molar-refractivity contribution in [3.8, 4) is 11.5 Å². The van der Waals surface area contributed by atoms with Gasteiger partial charge in [0.15, 0.2) is 5.78 Å². The summed E-state index contributed by atoms with van der Waals surface area (Å²) in [7, 11) is 1.41. The summed E-state index contributed by atoms with van der Waals surface area (Å²) in [5.41, 5.74) is -1.51. The molecule has 0 spiro atoms. The second-order valence-electron chi connectivity index (χ2n) is 14.7. The van der Waals surface area contributed by atoms with Crippen molar-refractivity contribution in [2.75, 3.05) is 7.11 Å². The van der Waals surface area contributed by atoms with Crippen LogP contribution in [0.4, 0.5) is 0 Å². The highest BCUT2D eigenvalue weighted by Crippen LogP contribution is 2.48. The summed E-state index contributed by atoms with van der Waals surface area (Å²) in [6.07, 6.45) is 5.33. The van der Waals surface area contributed by atoms with Crippen molar-refractivity contribution >= 4 is 35.2 Å². The van der Waals surface area contributed by atoms with Crippen molar-refractivity contribution in [2.45, 2.75) is 85.6 Å². The zero-order valence-corrected chi connectivity index (χ0v) is 33.1. The number of ketones is 3. The third-order valence-electron chi connectivity index (χ3n) is 10.7. The van der Waals surface area contributed by atoms with Crippen LogP contribution in [0.1, 0.15) is 95.7 Å². The van der Waals surface area contributed by atoms with Gasteiger partial charge in [-0.05, 0) is 32.1 Å². The van der Waals surface area contributed by atoms with Gasteiger partial charge in [-0.1, -0.05) is 45.9 Å². The smallest absolute Gasteiger partial charge is 0.379 e. The fourth-order valence-corrected chi connectivity index (χ4v) is 7.27. The lowest BCUT2D eigenvalue weighted by molar-refractivity contribution is -0.160. The van der Waals surface area contributed by atoms with Crippen molar-refractivity contribution < 1.29 is 67.1 Å². The van der Waals surface area contributed by atoms with Crippen molar-refractivity contribution in [3.63, 3.8) is 0 Å². The lowest BCUT2D eigenvalue weighted by Gasteiger charge is -2.38. The Hall–Kier alpha value is -5.64. The average molecular weight is 790 g/mol. The number of allylic oxidation sites excluding steroid dienone is 4. The first-order valence-electron chi connectivity index (χ1n) is 18.4. The number of amides is 1. The van der Waals surface area contributed by atoms with Crippen molar-refractivity contribution in [1.82, 2.24) is 5.32 Å². The first-order chi connectivity index (χ1) is 26.8. The van der Waals surface area contributed by atoms with Crippen LogP contribution in [0, 0.1) is 30.6 Å².